The molecule has 3 aliphatic carbocycles. The molecular formula is C78H84N18O6. The number of rotatable bonds is 18. The van der Waals surface area contributed by atoms with Gasteiger partial charge in [0.1, 0.15) is 34.2 Å². The minimum absolute atomic E-state index is 0.211. The average Bonchev–Trinajstić information content (AvgIpc) is 1.33. The number of nitrogens with zero attached hydrogens (tertiary/aromatic N) is 15. The second-order valence-electron chi connectivity index (χ2n) is 26.7. The van der Waals surface area contributed by atoms with Crippen molar-refractivity contribution in [3.63, 3.8) is 0 Å². The summed E-state index contributed by atoms with van der Waals surface area (Å²) < 4.78 is 10.6. The molecule has 24 nitrogen and oxygen atoms in total. The Morgan fingerprint density at radius 3 is 0.951 bits per heavy atom. The Morgan fingerprint density at radius 2 is 0.696 bits per heavy atom. The smallest absolute Gasteiger partial charge is 0.270 e. The van der Waals surface area contributed by atoms with Crippen LogP contribution in [-0.2, 0) is 40.4 Å². The Kier molecular flexibility index (Phi) is 21.1. The van der Waals surface area contributed by atoms with Crippen molar-refractivity contribution >= 4 is 17.7 Å². The van der Waals surface area contributed by atoms with Crippen LogP contribution in [0.1, 0.15) is 139 Å². The quantitative estimate of drug-likeness (QED) is 0.0466. The minimum atomic E-state index is -0.513. The summed E-state index contributed by atoms with van der Waals surface area (Å²) in [6.07, 6.45) is 24.4. The first-order valence-electron chi connectivity index (χ1n) is 34.7. The van der Waals surface area contributed by atoms with E-state index >= 15 is 0 Å². The van der Waals surface area contributed by atoms with Crippen LogP contribution in [0.4, 0.5) is 0 Å². The predicted molar refractivity (Wildman–Crippen MR) is 386 cm³/mol. The summed E-state index contributed by atoms with van der Waals surface area (Å²) in [5, 5.41) is 65.6. The molecule has 6 N–H and O–H groups in total. The molecule has 102 heavy (non-hydrogen) atoms. The third-order valence-electron chi connectivity index (χ3n) is 19.4. The van der Waals surface area contributed by atoms with Crippen LogP contribution in [-0.4, -0.2) is 143 Å². The van der Waals surface area contributed by atoms with E-state index in [0.29, 0.717) is 72.7 Å². The van der Waals surface area contributed by atoms with Crippen molar-refractivity contribution in [2.45, 2.75) is 134 Å². The lowest BCUT2D eigenvalue weighted by atomic mass is 9.89. The summed E-state index contributed by atoms with van der Waals surface area (Å²) in [6.45, 7) is 6.06. The molecule has 0 saturated heterocycles. The minimum Gasteiger partial charge on any atom is -0.391 e. The van der Waals surface area contributed by atoms with Crippen LogP contribution in [0.3, 0.4) is 0 Å². The zero-order valence-electron chi connectivity index (χ0n) is 58.0. The van der Waals surface area contributed by atoms with Gasteiger partial charge < -0.3 is 31.3 Å². The number of hydrogen-bond donors (Lipinski definition) is 6. The summed E-state index contributed by atoms with van der Waals surface area (Å²) in [5.41, 5.74) is 17.6. The van der Waals surface area contributed by atoms with E-state index in [1.807, 2.05) is 184 Å². The highest BCUT2D eigenvalue weighted by molar-refractivity contribution is 5.95. The molecule has 3 fully saturated rings. The Hall–Kier alpha value is -11.3. The van der Waals surface area contributed by atoms with Gasteiger partial charge in [-0.3, -0.25) is 28.4 Å². The molecule has 0 radical (unpaired) electrons. The van der Waals surface area contributed by atoms with Gasteiger partial charge in [-0.25, -0.2) is 29.0 Å². The van der Waals surface area contributed by atoms with E-state index in [1.165, 1.54) is 0 Å². The molecular weight excluding hydrogens is 1280 g/mol. The van der Waals surface area contributed by atoms with E-state index in [9.17, 15) is 29.7 Å². The maximum Gasteiger partial charge on any atom is 0.270 e. The van der Waals surface area contributed by atoms with E-state index in [0.717, 1.165) is 123 Å². The largest absolute Gasteiger partial charge is 0.391 e. The van der Waals surface area contributed by atoms with Crippen LogP contribution < -0.4 is 16.0 Å². The fourth-order valence-corrected chi connectivity index (χ4v) is 13.2. The summed E-state index contributed by atoms with van der Waals surface area (Å²) in [5.74, 6) is -0.798. The van der Waals surface area contributed by atoms with Gasteiger partial charge >= 0.3 is 0 Å². The van der Waals surface area contributed by atoms with E-state index in [4.69, 9.17) is 9.97 Å². The molecule has 0 bridgehead atoms. The van der Waals surface area contributed by atoms with Crippen LogP contribution in [0.2, 0.25) is 0 Å². The van der Waals surface area contributed by atoms with E-state index in [1.54, 1.807) is 32.6 Å². The molecule has 6 atom stereocenters. The van der Waals surface area contributed by atoms with Gasteiger partial charge in [0.15, 0.2) is 0 Å². The fourth-order valence-electron chi connectivity index (χ4n) is 13.2. The maximum absolute atomic E-state index is 13.2. The molecule has 15 rings (SSSR count). The first kappa shape index (κ1) is 69.2. The maximum atomic E-state index is 13.2. The van der Waals surface area contributed by atoms with Crippen LogP contribution in [0.5, 0.6) is 0 Å². The number of carbonyl (C=O) groups is 3. The predicted octanol–water partition coefficient (Wildman–Crippen LogP) is 9.63. The van der Waals surface area contributed by atoms with Gasteiger partial charge in [0.05, 0.1) is 70.6 Å². The molecule has 3 aliphatic rings. The average molecular weight is 1370 g/mol. The van der Waals surface area contributed by atoms with Crippen LogP contribution in [0.25, 0.3) is 51.2 Å². The van der Waals surface area contributed by atoms with Crippen LogP contribution in [0, 0.1) is 20.8 Å². The lowest BCUT2D eigenvalue weighted by Gasteiger charge is -2.32. The van der Waals surface area contributed by atoms with Crippen molar-refractivity contribution < 1.29 is 29.7 Å². The number of aliphatic hydroxyl groups excluding tert-OH is 3. The SMILES string of the molecule is Cc1c(Cc2ccc(-n3cccn3)cc2)cc(C(=O)N[C@H]2CCCC[C@@H]2O)nc1-c1ccn(C)n1.Cc1c(Cc2ccc(-n3cccn3)cc2)cc(C(=O)N[C@H]2CCC[C@@H]2O)nc1-c1ccn(C)n1.Cc1c(Cc2ccc(-n3cccn3)cc2)cc(C(=O)N[C@H]2CC[C@@H]2O)nc1-c1ccn(C)n1. The number of benzene rings is 3. The molecule has 24 heteroatoms. The lowest BCUT2D eigenvalue weighted by molar-refractivity contribution is 0.0445. The standard InChI is InChI=1S/C27H30N6O2.C26H28N6O2.C25H26N6O2/c1-18-20(16-19-8-10-21(11-9-19)33-14-5-13-28-33)17-24(29-26(18)23-12-15-32(2)31-23)27(35)30-22-6-3-4-7-25(22)34;1-17-19(15-18-7-9-20(10-8-18)32-13-4-12-27-32)16-23(26(34)29-21-5-3-6-24(21)33)28-25(17)22-11-14-31(2)30-22;1-16-18(14-17-4-6-19(7-5-17)31-12-3-11-26-31)15-22(25(33)28-20-8-9-23(20)32)27-24(16)21-10-13-30(2)29-21/h5,8-15,17,22,25,34H,3-4,6-7,16H2,1-2H3,(H,30,35);4,7-14,16,21,24,33H,3,5-6,15H2,1-2H3,(H,29,34);3-7,10-13,15,20,23,32H,8-9,14H2,1-2H3,(H,28,33)/t22-,25-;21-,24-;20-,23-/m000/s1. The number of amides is 3. The van der Waals surface area contributed by atoms with E-state index < -0.39 is 18.3 Å². The van der Waals surface area contributed by atoms with Crippen molar-refractivity contribution in [2.24, 2.45) is 21.1 Å². The summed E-state index contributed by atoms with van der Waals surface area (Å²) in [6, 6.07) is 41.0. The van der Waals surface area contributed by atoms with Crippen molar-refractivity contribution in [1.29, 1.82) is 0 Å². The van der Waals surface area contributed by atoms with Gasteiger partial charge in [0, 0.05) is 76.9 Å². The monoisotopic (exact) mass is 1370 g/mol. The topological polar surface area (TPSA) is 294 Å². The third kappa shape index (κ3) is 16.3. The Labute approximate surface area is 591 Å². The second-order valence-corrected chi connectivity index (χ2v) is 26.7. The van der Waals surface area contributed by atoms with Crippen molar-refractivity contribution in [1.82, 2.24) is 89.6 Å². The second kappa shape index (κ2) is 31.0. The zero-order valence-corrected chi connectivity index (χ0v) is 58.0. The lowest BCUT2D eigenvalue weighted by Crippen LogP contribution is -2.50. The van der Waals surface area contributed by atoms with Crippen molar-refractivity contribution in [3.8, 4) is 51.2 Å². The van der Waals surface area contributed by atoms with Crippen molar-refractivity contribution in [3.05, 3.63) is 250 Å². The molecule has 9 aromatic heterocycles. The van der Waals surface area contributed by atoms with Gasteiger partial charge in [0.2, 0.25) is 0 Å². The van der Waals surface area contributed by atoms with Gasteiger partial charge in [-0.1, -0.05) is 49.2 Å². The number of aliphatic hydroxyl groups is 3. The number of pyridine rings is 3. The molecule has 9 heterocycles. The molecule has 12 aromatic rings. The van der Waals surface area contributed by atoms with Crippen LogP contribution >= 0.6 is 0 Å². The number of aryl methyl sites for hydroxylation is 3. The molecule has 3 aromatic carbocycles. The summed E-state index contributed by atoms with van der Waals surface area (Å²) in [4.78, 5) is 53.3. The number of hydrogen-bond acceptors (Lipinski definition) is 15. The molecule has 0 unspecified atom stereocenters. The Balaban J connectivity index is 0.000000137. The third-order valence-corrected chi connectivity index (χ3v) is 19.4. The van der Waals surface area contributed by atoms with Gasteiger partial charge in [-0.15, -0.1) is 0 Å². The number of carbonyl (C=O) groups excluding carboxylic acids is 3. The van der Waals surface area contributed by atoms with Gasteiger partial charge in [-0.05, 0) is 226 Å². The van der Waals surface area contributed by atoms with Crippen molar-refractivity contribution in [2.75, 3.05) is 0 Å². The van der Waals surface area contributed by atoms with E-state index in [2.05, 4.69) is 87.9 Å². The Morgan fingerprint density at radius 1 is 0.392 bits per heavy atom. The highest BCUT2D eigenvalue weighted by Crippen LogP contribution is 2.31. The summed E-state index contributed by atoms with van der Waals surface area (Å²) in [7, 11) is 5.58. The highest BCUT2D eigenvalue weighted by Gasteiger charge is 2.32. The molecule has 3 saturated carbocycles. The zero-order chi connectivity index (χ0) is 71.0. The van der Waals surface area contributed by atoms with Gasteiger partial charge in [0.25, 0.3) is 17.7 Å². The van der Waals surface area contributed by atoms with Crippen LogP contribution in [0.15, 0.2) is 183 Å². The summed E-state index contributed by atoms with van der Waals surface area (Å²) >= 11 is 0. The molecule has 3 amide bonds. The normalized spacial score (nSPS) is 17.7. The number of nitrogens with one attached hydrogen (secondary N) is 3. The fraction of sp³-hybridized carbons (Fsp3) is 0.308. The van der Waals surface area contributed by atoms with E-state index in [-0.39, 0.29) is 35.8 Å². The Bertz CT molecular complexity index is 4850. The first-order valence-corrected chi connectivity index (χ1v) is 34.7. The first-order chi connectivity index (χ1) is 49.4. The highest BCUT2D eigenvalue weighted by atomic mass is 16.3. The number of aromatic nitrogens is 15. The van der Waals surface area contributed by atoms with Gasteiger partial charge in [-0.2, -0.15) is 30.6 Å². The molecule has 0 spiro atoms. The molecule has 522 valence electrons. The molecule has 0 aliphatic heterocycles.